The Balaban J connectivity index is 1.87. The van der Waals surface area contributed by atoms with Crippen molar-refractivity contribution in [3.05, 3.63) is 94.3 Å². The van der Waals surface area contributed by atoms with E-state index < -0.39 is 9.84 Å². The van der Waals surface area contributed by atoms with Crippen LogP contribution in [0.25, 0.3) is 16.7 Å². The highest BCUT2D eigenvalue weighted by Gasteiger charge is 2.30. The molecule has 0 amide bonds. The number of furan rings is 1. The van der Waals surface area contributed by atoms with E-state index in [1.807, 2.05) is 13.8 Å². The Morgan fingerprint density at radius 3 is 2.61 bits per heavy atom. The molecule has 2 N–H and O–H groups in total. The lowest BCUT2D eigenvalue weighted by Crippen LogP contribution is -2.42. The van der Waals surface area contributed by atoms with Crippen LogP contribution in [-0.4, -0.2) is 17.8 Å². The summed E-state index contributed by atoms with van der Waals surface area (Å²) in [5, 5.41) is 0.141. The van der Waals surface area contributed by atoms with Gasteiger partial charge in [-0.25, -0.2) is 13.0 Å². The lowest BCUT2D eigenvalue weighted by atomic mass is 10.1. The number of benzene rings is 1. The monoisotopic (exact) mass is 461 g/mol. The molecular weight excluding hydrogens is 440 g/mol. The minimum atomic E-state index is -4.02. The van der Waals surface area contributed by atoms with Gasteiger partial charge in [0.2, 0.25) is 21.3 Å². The normalized spacial score (nSPS) is 11.9. The minimum absolute atomic E-state index is 0.0238. The van der Waals surface area contributed by atoms with Crippen molar-refractivity contribution >= 4 is 32.3 Å². The van der Waals surface area contributed by atoms with E-state index >= 15 is 0 Å². The highest BCUT2D eigenvalue weighted by atomic mass is 32.2. The van der Waals surface area contributed by atoms with E-state index in [0.717, 1.165) is 11.1 Å². The van der Waals surface area contributed by atoms with Gasteiger partial charge in [0, 0.05) is 6.20 Å². The van der Waals surface area contributed by atoms with Gasteiger partial charge in [-0.3, -0.25) is 9.20 Å². The molecule has 0 aliphatic heterocycles. The fourth-order valence-corrected chi connectivity index (χ4v) is 5.31. The first-order valence-corrected chi connectivity index (χ1v) is 11.7. The fourth-order valence-electron chi connectivity index (χ4n) is 3.82. The summed E-state index contributed by atoms with van der Waals surface area (Å²) >= 11 is 0. The maximum atomic E-state index is 13.6. The van der Waals surface area contributed by atoms with Crippen LogP contribution in [0.2, 0.25) is 0 Å². The summed E-state index contributed by atoms with van der Waals surface area (Å²) in [7, 11) is -4.02. The van der Waals surface area contributed by atoms with E-state index in [-0.39, 0.29) is 38.7 Å². The smallest absolute Gasteiger partial charge is 0.278 e. The molecule has 0 unspecified atom stereocenters. The van der Waals surface area contributed by atoms with E-state index in [4.69, 9.17) is 10.2 Å². The zero-order valence-corrected chi connectivity index (χ0v) is 18.8. The van der Waals surface area contributed by atoms with E-state index in [9.17, 15) is 13.2 Å². The van der Waals surface area contributed by atoms with Crippen molar-refractivity contribution in [1.29, 1.82) is 0 Å². The minimum Gasteiger partial charge on any atom is -0.466 e. The fraction of sp³-hybridized carbons (Fsp3) is 0.125. The molecule has 0 aliphatic rings. The van der Waals surface area contributed by atoms with Gasteiger partial charge < -0.3 is 10.2 Å². The number of pyridine rings is 2. The molecule has 0 bridgehead atoms. The second-order valence-corrected chi connectivity index (χ2v) is 9.81. The van der Waals surface area contributed by atoms with Gasteiger partial charge in [0.15, 0.2) is 0 Å². The molecule has 4 aromatic heterocycles. The maximum absolute atomic E-state index is 13.6. The van der Waals surface area contributed by atoms with Crippen LogP contribution >= 0.6 is 0 Å². The Kier molecular flexibility index (Phi) is 4.79. The van der Waals surface area contributed by atoms with Crippen molar-refractivity contribution in [2.45, 2.75) is 30.2 Å². The third kappa shape index (κ3) is 3.37. The average Bonchev–Trinajstić information content (AvgIpc) is 3.31. The maximum Gasteiger partial charge on any atom is 0.278 e. The van der Waals surface area contributed by atoms with Gasteiger partial charge in [-0.2, -0.15) is 0 Å². The third-order valence-electron chi connectivity index (χ3n) is 5.80. The van der Waals surface area contributed by atoms with Gasteiger partial charge in [-0.1, -0.05) is 17.1 Å². The lowest BCUT2D eigenvalue weighted by Gasteiger charge is -2.13. The molecule has 0 saturated heterocycles. The summed E-state index contributed by atoms with van der Waals surface area (Å²) in [6.07, 6.45) is 3.11. The molecule has 4 heterocycles. The van der Waals surface area contributed by atoms with E-state index in [1.165, 1.54) is 21.3 Å². The first-order chi connectivity index (χ1) is 15.8. The number of sulfone groups is 1. The predicted molar refractivity (Wildman–Crippen MR) is 123 cm³/mol. The number of nitrogen functional groups attached to an aromatic ring is 1. The average molecular weight is 462 g/mol. The van der Waals surface area contributed by atoms with Gasteiger partial charge in [-0.15, -0.1) is 0 Å². The molecule has 5 rings (SSSR count). The van der Waals surface area contributed by atoms with Gasteiger partial charge in [0.1, 0.15) is 22.6 Å². The van der Waals surface area contributed by atoms with Crippen molar-refractivity contribution in [3.8, 4) is 0 Å². The molecule has 0 saturated carbocycles. The Morgan fingerprint density at radius 1 is 1.06 bits per heavy atom. The lowest BCUT2D eigenvalue weighted by molar-refractivity contribution is -0.653. The van der Waals surface area contributed by atoms with Gasteiger partial charge in [0.25, 0.3) is 11.2 Å². The quantitative estimate of drug-likeness (QED) is 0.325. The van der Waals surface area contributed by atoms with Crippen LogP contribution in [0.3, 0.4) is 0 Å². The van der Waals surface area contributed by atoms with Crippen LogP contribution in [0.15, 0.2) is 86.1 Å². The molecule has 33 heavy (non-hydrogen) atoms. The molecule has 0 atom stereocenters. The highest BCUT2D eigenvalue weighted by Crippen LogP contribution is 2.27. The molecule has 8 nitrogen and oxygen atoms in total. The molecule has 0 spiro atoms. The first kappa shape index (κ1) is 20.9. The van der Waals surface area contributed by atoms with E-state index in [1.54, 1.807) is 54.7 Å². The van der Waals surface area contributed by atoms with Crippen LogP contribution < -0.4 is 15.9 Å². The molecule has 1 aromatic carbocycles. The van der Waals surface area contributed by atoms with Crippen molar-refractivity contribution in [1.82, 2.24) is 9.38 Å². The number of nitrogens with zero attached hydrogens (tertiary/aromatic N) is 3. The molecular formula is C24H21N4O4S+. The second kappa shape index (κ2) is 7.56. The number of aryl methyl sites for hydroxylation is 2. The Bertz CT molecular complexity index is 1700. The molecule has 9 heteroatoms. The van der Waals surface area contributed by atoms with Crippen LogP contribution in [0, 0.1) is 13.8 Å². The Hall–Kier alpha value is -3.98. The standard InChI is InChI=1S/C24H20N4O4S/c1-15-8-9-18(12-16(15)2)33(30,31)20-13-19-23(26-21-7-3-4-10-27(21)24(19)29)28(22(20)25)14-17-6-5-11-32-17/h3-13,25H,14H2,1-2H3/p+1. The SMILES string of the molecule is Cc1ccc(S(=O)(=O)c2cc3c(=O)n4ccccc4nc3[n+](Cc3ccco3)c2N)cc1C. The number of aromatic nitrogens is 3. The molecule has 0 aliphatic carbocycles. The summed E-state index contributed by atoms with van der Waals surface area (Å²) in [5.41, 5.74) is 8.57. The van der Waals surface area contributed by atoms with Gasteiger partial charge >= 0.3 is 0 Å². The Morgan fingerprint density at radius 2 is 1.88 bits per heavy atom. The first-order valence-electron chi connectivity index (χ1n) is 10.3. The van der Waals surface area contributed by atoms with Crippen LogP contribution in [0.5, 0.6) is 0 Å². The van der Waals surface area contributed by atoms with Crippen molar-refractivity contribution < 1.29 is 17.4 Å². The number of hydrogen-bond acceptors (Lipinski definition) is 6. The Labute approximate surface area is 189 Å². The number of hydrogen-bond donors (Lipinski definition) is 1. The molecule has 0 radical (unpaired) electrons. The molecule has 166 valence electrons. The summed E-state index contributed by atoms with van der Waals surface area (Å²) in [5.74, 6) is 0.521. The summed E-state index contributed by atoms with van der Waals surface area (Å²) in [4.78, 5) is 17.9. The number of rotatable bonds is 4. The van der Waals surface area contributed by atoms with Gasteiger partial charge in [-0.05, 0) is 67.4 Å². The predicted octanol–water partition coefficient (Wildman–Crippen LogP) is 2.81. The van der Waals surface area contributed by atoms with E-state index in [0.29, 0.717) is 11.4 Å². The summed E-state index contributed by atoms with van der Waals surface area (Å²) in [6.45, 7) is 3.86. The summed E-state index contributed by atoms with van der Waals surface area (Å²) < 4.78 is 35.6. The zero-order chi connectivity index (χ0) is 23.3. The largest absolute Gasteiger partial charge is 0.466 e. The summed E-state index contributed by atoms with van der Waals surface area (Å²) in [6, 6.07) is 14.9. The van der Waals surface area contributed by atoms with Crippen LogP contribution in [0.4, 0.5) is 5.82 Å². The molecule has 0 fully saturated rings. The topological polar surface area (TPSA) is 112 Å². The van der Waals surface area contributed by atoms with Crippen molar-refractivity contribution in [3.63, 3.8) is 0 Å². The highest BCUT2D eigenvalue weighted by molar-refractivity contribution is 7.91. The van der Waals surface area contributed by atoms with E-state index in [2.05, 4.69) is 4.98 Å². The zero-order valence-electron chi connectivity index (χ0n) is 18.0. The van der Waals surface area contributed by atoms with Crippen molar-refractivity contribution in [2.24, 2.45) is 0 Å². The van der Waals surface area contributed by atoms with Crippen LogP contribution in [-0.2, 0) is 16.4 Å². The number of fused-ring (bicyclic) bond motifs is 2. The van der Waals surface area contributed by atoms with Crippen molar-refractivity contribution in [2.75, 3.05) is 5.73 Å². The van der Waals surface area contributed by atoms with Crippen LogP contribution in [0.1, 0.15) is 16.9 Å². The second-order valence-electron chi connectivity index (χ2n) is 7.89. The molecule has 5 aromatic rings. The number of anilines is 1. The number of nitrogens with two attached hydrogens (primary N) is 1. The third-order valence-corrected chi connectivity index (χ3v) is 7.58. The van der Waals surface area contributed by atoms with Gasteiger partial charge in [0.05, 0.1) is 11.2 Å².